The average Bonchev–Trinajstić information content (AvgIpc) is 3.22. The van der Waals surface area contributed by atoms with E-state index in [0.717, 1.165) is 10.8 Å². The molecule has 0 fully saturated rings. The quantitative estimate of drug-likeness (QED) is 0.334. The van der Waals surface area contributed by atoms with Crippen molar-refractivity contribution in [2.75, 3.05) is 5.32 Å². The maximum Gasteiger partial charge on any atom is 0.238 e. The molecule has 1 aromatic heterocycles. The zero-order valence-electron chi connectivity index (χ0n) is 19.9. The molecule has 1 heterocycles. The number of aryl methyl sites for hydroxylation is 1. The molecule has 5 aromatic rings. The van der Waals surface area contributed by atoms with Crippen molar-refractivity contribution >= 4 is 32.4 Å². The third-order valence-corrected chi connectivity index (χ3v) is 6.93. The number of nitrogens with two attached hydrogens (primary N) is 1. The first-order chi connectivity index (χ1) is 17.7. The Labute approximate surface area is 213 Å². The first-order valence-electron chi connectivity index (χ1n) is 11.5. The smallest absolute Gasteiger partial charge is 0.238 e. The molecule has 4 aromatic carbocycles. The molecule has 0 aliphatic rings. The van der Waals surface area contributed by atoms with Gasteiger partial charge in [0, 0.05) is 11.3 Å². The van der Waals surface area contributed by atoms with Crippen molar-refractivity contribution in [1.82, 2.24) is 9.78 Å². The maximum atomic E-state index is 15.0. The zero-order chi connectivity index (χ0) is 26.2. The monoisotopic (exact) mass is 514 g/mol. The van der Waals surface area contributed by atoms with Gasteiger partial charge in [0.05, 0.1) is 22.7 Å². The molecule has 37 heavy (non-hydrogen) atoms. The summed E-state index contributed by atoms with van der Waals surface area (Å²) in [5, 5.41) is 14.2. The number of carbonyl (C=O) groups excluding carboxylic acids is 1. The van der Waals surface area contributed by atoms with E-state index in [0.29, 0.717) is 28.2 Å². The largest absolute Gasteiger partial charge is 0.326 e. The van der Waals surface area contributed by atoms with Crippen molar-refractivity contribution in [3.63, 3.8) is 0 Å². The van der Waals surface area contributed by atoms with Crippen molar-refractivity contribution in [1.29, 1.82) is 0 Å². The lowest BCUT2D eigenvalue weighted by Gasteiger charge is -2.11. The first kappa shape index (κ1) is 24.4. The van der Waals surface area contributed by atoms with Gasteiger partial charge in [0.2, 0.25) is 15.9 Å². The van der Waals surface area contributed by atoms with Crippen LogP contribution in [-0.4, -0.2) is 24.1 Å². The Hall–Kier alpha value is -4.34. The number of benzene rings is 4. The topological polar surface area (TPSA) is 107 Å². The van der Waals surface area contributed by atoms with Crippen molar-refractivity contribution < 1.29 is 17.6 Å². The number of amides is 1. The normalized spacial score (nSPS) is 11.5. The first-order valence-corrected chi connectivity index (χ1v) is 13.0. The number of halogens is 1. The van der Waals surface area contributed by atoms with E-state index in [2.05, 4.69) is 10.4 Å². The van der Waals surface area contributed by atoms with E-state index < -0.39 is 15.8 Å². The highest BCUT2D eigenvalue weighted by molar-refractivity contribution is 7.89. The minimum atomic E-state index is -3.89. The van der Waals surface area contributed by atoms with Crippen LogP contribution in [0.2, 0.25) is 0 Å². The number of primary sulfonamides is 1. The second kappa shape index (κ2) is 9.61. The van der Waals surface area contributed by atoms with Gasteiger partial charge in [-0.25, -0.2) is 22.6 Å². The number of aromatic nitrogens is 2. The minimum Gasteiger partial charge on any atom is -0.326 e. The third-order valence-electron chi connectivity index (χ3n) is 5.96. The maximum absolute atomic E-state index is 15.0. The second-order valence-electron chi connectivity index (χ2n) is 8.68. The molecule has 7 nitrogen and oxygen atoms in total. The fourth-order valence-corrected chi connectivity index (χ4v) is 5.07. The van der Waals surface area contributed by atoms with Gasteiger partial charge in [-0.2, -0.15) is 5.10 Å². The Morgan fingerprint density at radius 3 is 2.30 bits per heavy atom. The summed E-state index contributed by atoms with van der Waals surface area (Å²) in [7, 11) is -3.89. The van der Waals surface area contributed by atoms with E-state index in [-0.39, 0.29) is 22.9 Å². The van der Waals surface area contributed by atoms with Crippen LogP contribution in [0.5, 0.6) is 0 Å². The molecule has 5 rings (SSSR count). The van der Waals surface area contributed by atoms with Gasteiger partial charge in [0.25, 0.3) is 0 Å². The van der Waals surface area contributed by atoms with Gasteiger partial charge in [0.1, 0.15) is 11.5 Å². The lowest BCUT2D eigenvalue weighted by Crippen LogP contribution is -2.17. The van der Waals surface area contributed by atoms with E-state index in [1.54, 1.807) is 61.5 Å². The van der Waals surface area contributed by atoms with Gasteiger partial charge in [0.15, 0.2) is 0 Å². The van der Waals surface area contributed by atoms with E-state index in [4.69, 9.17) is 5.14 Å². The van der Waals surface area contributed by atoms with Crippen LogP contribution >= 0.6 is 0 Å². The van der Waals surface area contributed by atoms with Gasteiger partial charge in [-0.1, -0.05) is 54.6 Å². The van der Waals surface area contributed by atoms with Crippen molar-refractivity contribution in [3.8, 4) is 16.8 Å². The number of carbonyl (C=O) groups is 1. The van der Waals surface area contributed by atoms with Gasteiger partial charge in [-0.3, -0.25) is 4.79 Å². The molecule has 0 atom stereocenters. The predicted octanol–water partition coefficient (Wildman–Crippen LogP) is 4.97. The van der Waals surface area contributed by atoms with Gasteiger partial charge in [-0.05, 0) is 59.7 Å². The number of rotatable bonds is 6. The second-order valence-corrected chi connectivity index (χ2v) is 10.2. The number of hydrogen-bond donors (Lipinski definition) is 2. The summed E-state index contributed by atoms with van der Waals surface area (Å²) >= 11 is 0. The molecule has 0 aliphatic carbocycles. The predicted molar refractivity (Wildman–Crippen MR) is 141 cm³/mol. The molecule has 9 heteroatoms. The molecule has 1 amide bonds. The van der Waals surface area contributed by atoms with Gasteiger partial charge < -0.3 is 5.32 Å². The highest BCUT2D eigenvalue weighted by atomic mass is 32.2. The Morgan fingerprint density at radius 1 is 0.946 bits per heavy atom. The molecule has 0 saturated heterocycles. The van der Waals surface area contributed by atoms with E-state index in [9.17, 15) is 17.6 Å². The van der Waals surface area contributed by atoms with E-state index in [1.165, 1.54) is 16.8 Å². The van der Waals surface area contributed by atoms with Crippen molar-refractivity contribution in [2.45, 2.75) is 18.2 Å². The lowest BCUT2D eigenvalue weighted by atomic mass is 10.1. The van der Waals surface area contributed by atoms with Crippen LogP contribution in [0.1, 0.15) is 11.4 Å². The van der Waals surface area contributed by atoms with Crippen LogP contribution in [0, 0.1) is 12.7 Å². The van der Waals surface area contributed by atoms with Crippen LogP contribution in [0.4, 0.5) is 10.1 Å². The van der Waals surface area contributed by atoms with Crippen LogP contribution in [0.15, 0.2) is 95.9 Å². The molecule has 0 unspecified atom stereocenters. The summed E-state index contributed by atoms with van der Waals surface area (Å²) in [6.07, 6.45) is -0.0247. The molecule has 0 bridgehead atoms. The highest BCUT2D eigenvalue weighted by Gasteiger charge is 2.17. The number of sulfonamides is 1. The number of anilines is 1. The summed E-state index contributed by atoms with van der Waals surface area (Å²) in [5.41, 5.74) is 3.12. The number of hydrogen-bond acceptors (Lipinski definition) is 4. The Balaban J connectivity index is 1.37. The van der Waals surface area contributed by atoms with Crippen LogP contribution in [0.3, 0.4) is 0 Å². The SMILES string of the molecule is Cc1cc(CC(=O)Nc2ccc(-c3ccccc3S(N)(=O)=O)cc2)n(-c2cc3ccccc3cc2F)n1. The van der Waals surface area contributed by atoms with Crippen LogP contribution < -0.4 is 10.5 Å². The highest BCUT2D eigenvalue weighted by Crippen LogP contribution is 2.28. The third kappa shape index (κ3) is 5.13. The Bertz CT molecular complexity index is 1750. The molecule has 186 valence electrons. The summed E-state index contributed by atoms with van der Waals surface area (Å²) < 4.78 is 40.3. The minimum absolute atomic E-state index is 0.0244. The summed E-state index contributed by atoms with van der Waals surface area (Å²) in [6, 6.07) is 25.6. The number of nitrogens with one attached hydrogen (secondary N) is 1. The fourth-order valence-electron chi connectivity index (χ4n) is 4.31. The van der Waals surface area contributed by atoms with Gasteiger partial charge >= 0.3 is 0 Å². The molecule has 0 saturated carbocycles. The molecule has 0 aliphatic heterocycles. The fraction of sp³-hybridized carbons (Fsp3) is 0.0714. The molecule has 0 radical (unpaired) electrons. The van der Waals surface area contributed by atoms with Crippen molar-refractivity contribution in [3.05, 3.63) is 108 Å². The van der Waals surface area contributed by atoms with Gasteiger partial charge in [-0.15, -0.1) is 0 Å². The number of nitrogens with zero attached hydrogens (tertiary/aromatic N) is 2. The zero-order valence-corrected chi connectivity index (χ0v) is 20.7. The van der Waals surface area contributed by atoms with Crippen LogP contribution in [-0.2, 0) is 21.2 Å². The molecular formula is C28H23FN4O3S. The van der Waals surface area contributed by atoms with E-state index in [1.807, 2.05) is 24.3 Å². The molecule has 3 N–H and O–H groups in total. The standard InChI is InChI=1S/C28H23FN4O3S/c1-18-14-23(33(32-18)26-16-21-7-3-2-6-20(21)15-25(26)29)17-28(34)31-22-12-10-19(11-13-22)24-8-4-5-9-27(24)37(30,35)36/h2-16H,17H2,1H3,(H,31,34)(H2,30,35,36). The van der Waals surface area contributed by atoms with E-state index >= 15 is 0 Å². The summed E-state index contributed by atoms with van der Waals surface area (Å²) in [5.74, 6) is -0.737. The summed E-state index contributed by atoms with van der Waals surface area (Å²) in [4.78, 5) is 12.9. The Morgan fingerprint density at radius 2 is 1.59 bits per heavy atom. The average molecular weight is 515 g/mol. The van der Waals surface area contributed by atoms with Crippen LogP contribution in [0.25, 0.3) is 27.6 Å². The molecular weight excluding hydrogens is 491 g/mol. The van der Waals surface area contributed by atoms with Crippen molar-refractivity contribution in [2.24, 2.45) is 5.14 Å². The Kier molecular flexibility index (Phi) is 6.32. The molecule has 0 spiro atoms. The summed E-state index contributed by atoms with van der Waals surface area (Å²) in [6.45, 7) is 1.79. The lowest BCUT2D eigenvalue weighted by molar-refractivity contribution is -0.115. The number of fused-ring (bicyclic) bond motifs is 1.